The topological polar surface area (TPSA) is 82.4 Å². The van der Waals surface area contributed by atoms with Gasteiger partial charge in [-0.1, -0.05) is 48.2 Å². The molecule has 0 bridgehead atoms. The lowest BCUT2D eigenvalue weighted by molar-refractivity contribution is -0.123. The Labute approximate surface area is 239 Å². The highest BCUT2D eigenvalue weighted by Crippen LogP contribution is 2.36. The predicted molar refractivity (Wildman–Crippen MR) is 156 cm³/mol. The minimum atomic E-state index is -0.424. The molecule has 6 nitrogen and oxygen atoms in total. The number of carbonyl (C=O) groups excluding carboxylic acids is 2. The van der Waals surface area contributed by atoms with E-state index in [1.807, 2.05) is 24.3 Å². The van der Waals surface area contributed by atoms with Gasteiger partial charge in [-0.2, -0.15) is 10.3 Å². The van der Waals surface area contributed by atoms with Gasteiger partial charge < -0.3 is 4.74 Å². The molecule has 4 rings (SSSR count). The smallest absolute Gasteiger partial charge is 0.285 e. The number of ether oxygens (including phenoxy) is 1. The van der Waals surface area contributed by atoms with E-state index in [0.29, 0.717) is 27.3 Å². The summed E-state index contributed by atoms with van der Waals surface area (Å²) in [6.45, 7) is 0.204. The minimum absolute atomic E-state index is 0.204. The van der Waals surface area contributed by atoms with E-state index < -0.39 is 11.8 Å². The lowest BCUT2D eigenvalue weighted by atomic mass is 10.1. The van der Waals surface area contributed by atoms with Crippen LogP contribution in [0.3, 0.4) is 0 Å². The molecule has 0 spiro atoms. The van der Waals surface area contributed by atoms with Gasteiger partial charge in [-0.15, -0.1) is 0 Å². The van der Waals surface area contributed by atoms with Crippen LogP contribution in [-0.2, 0) is 11.4 Å². The second-order valence-corrected chi connectivity index (χ2v) is 11.3. The Hall–Kier alpha value is -2.47. The van der Waals surface area contributed by atoms with Gasteiger partial charge in [0.05, 0.1) is 20.1 Å². The Morgan fingerprint density at radius 2 is 1.86 bits per heavy atom. The van der Waals surface area contributed by atoms with Crippen molar-refractivity contribution in [3.05, 3.63) is 101 Å². The molecular formula is C25H15I2N3O3S2. The SMILES string of the molecule is N#Cc1ccccc1COc1c(I)cc(I)cc1C=C1SC(=S)N(NC(=O)c2ccccc2)C1=O. The first kappa shape index (κ1) is 25.6. The number of nitriles is 1. The Balaban J connectivity index is 1.59. The monoisotopic (exact) mass is 723 g/mol. The largest absolute Gasteiger partial charge is 0.487 e. The van der Waals surface area contributed by atoms with E-state index in [1.54, 1.807) is 48.5 Å². The van der Waals surface area contributed by atoms with Crippen molar-refractivity contribution in [1.29, 1.82) is 5.26 Å². The minimum Gasteiger partial charge on any atom is -0.487 e. The van der Waals surface area contributed by atoms with E-state index in [2.05, 4.69) is 56.7 Å². The van der Waals surface area contributed by atoms with Gasteiger partial charge in [-0.25, -0.2) is 0 Å². The summed E-state index contributed by atoms with van der Waals surface area (Å²) in [4.78, 5) is 26.0. The maximum atomic E-state index is 13.1. The predicted octanol–water partition coefficient (Wildman–Crippen LogP) is 5.89. The van der Waals surface area contributed by atoms with Crippen molar-refractivity contribution in [1.82, 2.24) is 10.4 Å². The second-order valence-electron chi connectivity index (χ2n) is 7.19. The number of hydrogen-bond donors (Lipinski definition) is 1. The quantitative estimate of drug-likeness (QED) is 0.194. The summed E-state index contributed by atoms with van der Waals surface area (Å²) in [7, 11) is 0. The summed E-state index contributed by atoms with van der Waals surface area (Å²) in [5, 5.41) is 10.4. The number of halogens is 2. The zero-order chi connectivity index (χ0) is 24.9. The fourth-order valence-electron chi connectivity index (χ4n) is 3.21. The van der Waals surface area contributed by atoms with Crippen LogP contribution >= 0.6 is 69.2 Å². The molecule has 3 aromatic carbocycles. The third kappa shape index (κ3) is 6.03. The van der Waals surface area contributed by atoms with Crippen LogP contribution in [0.5, 0.6) is 5.75 Å². The van der Waals surface area contributed by atoms with Gasteiger partial charge in [-0.3, -0.25) is 15.0 Å². The fraction of sp³-hybridized carbons (Fsp3) is 0.0400. The average molecular weight is 723 g/mol. The molecule has 2 amide bonds. The number of thiocarbonyl (C=S) groups is 1. The number of rotatable bonds is 6. The molecule has 1 heterocycles. The van der Waals surface area contributed by atoms with Crippen LogP contribution in [0.25, 0.3) is 6.08 Å². The highest BCUT2D eigenvalue weighted by atomic mass is 127. The van der Waals surface area contributed by atoms with Crippen LogP contribution in [0, 0.1) is 18.5 Å². The van der Waals surface area contributed by atoms with E-state index in [0.717, 1.165) is 29.5 Å². The number of carbonyl (C=O) groups is 2. The standard InChI is InChI=1S/C25H15I2N3O3S2/c26-19-10-18(22(20(27)12-19)33-14-17-9-5-4-8-16(17)13-28)11-21-24(32)30(25(34)35-21)29-23(31)15-6-2-1-3-7-15/h1-12H,14H2,(H,29,31). The Morgan fingerprint density at radius 1 is 1.14 bits per heavy atom. The summed E-state index contributed by atoms with van der Waals surface area (Å²) >= 11 is 10.8. The van der Waals surface area contributed by atoms with Gasteiger partial charge in [0.25, 0.3) is 11.8 Å². The molecule has 0 unspecified atom stereocenters. The molecule has 0 aliphatic carbocycles. The zero-order valence-corrected chi connectivity index (χ0v) is 23.8. The zero-order valence-electron chi connectivity index (χ0n) is 17.8. The molecule has 0 aromatic heterocycles. The average Bonchev–Trinajstić information content (AvgIpc) is 3.11. The molecule has 35 heavy (non-hydrogen) atoms. The van der Waals surface area contributed by atoms with Gasteiger partial charge in [0.2, 0.25) is 0 Å². The molecular weight excluding hydrogens is 708 g/mol. The fourth-order valence-corrected chi connectivity index (χ4v) is 6.42. The van der Waals surface area contributed by atoms with Crippen LogP contribution in [-0.4, -0.2) is 21.1 Å². The highest BCUT2D eigenvalue weighted by Gasteiger charge is 2.34. The first-order valence-electron chi connectivity index (χ1n) is 10.1. The van der Waals surface area contributed by atoms with Crippen molar-refractivity contribution >= 4 is 91.4 Å². The Kier molecular flexibility index (Phi) is 8.42. The lowest BCUT2D eigenvalue weighted by Crippen LogP contribution is -2.44. The number of nitrogens with one attached hydrogen (secondary N) is 1. The van der Waals surface area contributed by atoms with Crippen LogP contribution < -0.4 is 10.2 Å². The van der Waals surface area contributed by atoms with E-state index in [9.17, 15) is 14.9 Å². The summed E-state index contributed by atoms with van der Waals surface area (Å²) in [6.07, 6.45) is 1.71. The molecule has 1 aliphatic rings. The number of thioether (sulfide) groups is 1. The summed E-state index contributed by atoms with van der Waals surface area (Å²) < 4.78 is 8.19. The number of nitrogens with zero attached hydrogens (tertiary/aromatic N) is 2. The van der Waals surface area contributed by atoms with Crippen molar-refractivity contribution in [2.45, 2.75) is 6.61 Å². The molecule has 1 saturated heterocycles. The number of hydrazine groups is 1. The Morgan fingerprint density at radius 3 is 2.60 bits per heavy atom. The van der Waals surface area contributed by atoms with Gasteiger partial charge >= 0.3 is 0 Å². The lowest BCUT2D eigenvalue weighted by Gasteiger charge is -2.15. The van der Waals surface area contributed by atoms with Crippen molar-refractivity contribution < 1.29 is 14.3 Å². The summed E-state index contributed by atoms with van der Waals surface area (Å²) in [6, 6.07) is 21.9. The molecule has 0 radical (unpaired) electrons. The molecule has 1 aliphatic heterocycles. The van der Waals surface area contributed by atoms with E-state index in [4.69, 9.17) is 17.0 Å². The normalized spacial score (nSPS) is 14.2. The number of amides is 2. The van der Waals surface area contributed by atoms with Gasteiger partial charge in [0.1, 0.15) is 12.4 Å². The third-order valence-corrected chi connectivity index (χ3v) is 7.60. The molecule has 0 saturated carbocycles. The van der Waals surface area contributed by atoms with Gasteiger partial charge in [0.15, 0.2) is 4.32 Å². The second kappa shape index (κ2) is 11.5. The molecule has 0 atom stereocenters. The maximum Gasteiger partial charge on any atom is 0.285 e. The van der Waals surface area contributed by atoms with Crippen molar-refractivity contribution in [3.8, 4) is 11.8 Å². The van der Waals surface area contributed by atoms with E-state index in [1.165, 1.54) is 0 Å². The van der Waals surface area contributed by atoms with Crippen molar-refractivity contribution in [2.24, 2.45) is 0 Å². The van der Waals surface area contributed by atoms with Crippen LogP contribution in [0.2, 0.25) is 0 Å². The number of hydrogen-bond acceptors (Lipinski definition) is 6. The summed E-state index contributed by atoms with van der Waals surface area (Å²) in [5.74, 6) is -0.247. The van der Waals surface area contributed by atoms with E-state index in [-0.39, 0.29) is 10.9 Å². The number of benzene rings is 3. The Bertz CT molecular complexity index is 1400. The van der Waals surface area contributed by atoms with E-state index >= 15 is 0 Å². The molecule has 3 aromatic rings. The van der Waals surface area contributed by atoms with Crippen molar-refractivity contribution in [2.75, 3.05) is 0 Å². The summed E-state index contributed by atoms with van der Waals surface area (Å²) in [5.41, 5.74) is 5.02. The molecule has 1 fully saturated rings. The molecule has 10 heteroatoms. The first-order valence-corrected chi connectivity index (χ1v) is 13.5. The molecule has 1 N–H and O–H groups in total. The van der Waals surface area contributed by atoms with Crippen LogP contribution in [0.1, 0.15) is 27.0 Å². The highest BCUT2D eigenvalue weighted by molar-refractivity contribution is 14.1. The van der Waals surface area contributed by atoms with Gasteiger partial charge in [0, 0.05) is 20.3 Å². The van der Waals surface area contributed by atoms with Crippen molar-refractivity contribution in [3.63, 3.8) is 0 Å². The molecule has 174 valence electrons. The van der Waals surface area contributed by atoms with Gasteiger partial charge in [-0.05, 0) is 93.8 Å². The van der Waals surface area contributed by atoms with Crippen LogP contribution in [0.15, 0.2) is 71.6 Å². The first-order chi connectivity index (χ1) is 16.9. The third-order valence-electron chi connectivity index (χ3n) is 4.88. The maximum absolute atomic E-state index is 13.1. The van der Waals surface area contributed by atoms with Crippen LogP contribution in [0.4, 0.5) is 0 Å².